The molecule has 3 aromatic rings. The first-order chi connectivity index (χ1) is 13.6. The summed E-state index contributed by atoms with van der Waals surface area (Å²) >= 11 is 12.0. The standard InChI is InChI=1S/C21H19Cl2N3O2/c1-28-16-7-4-14(5-8-16)20-19-3-2-10-25(19)11-12-26(20)21(27)24-15-6-9-17(22)18(23)13-15/h2-10,13,20H,11-12H2,1H3,(H,24,27)/t20-/m1/s1. The van der Waals surface area contributed by atoms with E-state index in [2.05, 4.69) is 9.88 Å². The van der Waals surface area contributed by atoms with Crippen molar-refractivity contribution in [2.24, 2.45) is 0 Å². The van der Waals surface area contributed by atoms with E-state index in [9.17, 15) is 4.79 Å². The summed E-state index contributed by atoms with van der Waals surface area (Å²) in [4.78, 5) is 14.9. The van der Waals surface area contributed by atoms with Gasteiger partial charge >= 0.3 is 6.03 Å². The maximum atomic E-state index is 13.1. The van der Waals surface area contributed by atoms with E-state index in [-0.39, 0.29) is 12.1 Å². The number of nitrogens with one attached hydrogen (secondary N) is 1. The normalized spacial score (nSPS) is 15.8. The summed E-state index contributed by atoms with van der Waals surface area (Å²) in [5, 5.41) is 3.79. The van der Waals surface area contributed by atoms with Crippen LogP contribution in [0.3, 0.4) is 0 Å². The molecule has 0 saturated heterocycles. The minimum absolute atomic E-state index is 0.188. The molecule has 0 radical (unpaired) electrons. The Bertz CT molecular complexity index is 1000. The average molecular weight is 416 g/mol. The van der Waals surface area contributed by atoms with Gasteiger partial charge in [0.1, 0.15) is 5.75 Å². The molecule has 2 aromatic carbocycles. The van der Waals surface area contributed by atoms with E-state index in [4.69, 9.17) is 27.9 Å². The van der Waals surface area contributed by atoms with Gasteiger partial charge < -0.3 is 19.5 Å². The van der Waals surface area contributed by atoms with Crippen LogP contribution in [0.2, 0.25) is 10.0 Å². The van der Waals surface area contributed by atoms with E-state index in [0.717, 1.165) is 23.6 Å². The zero-order valence-corrected chi connectivity index (χ0v) is 16.7. The van der Waals surface area contributed by atoms with Crippen LogP contribution >= 0.6 is 23.2 Å². The highest BCUT2D eigenvalue weighted by molar-refractivity contribution is 6.42. The summed E-state index contributed by atoms with van der Waals surface area (Å²) in [6.45, 7) is 1.33. The summed E-state index contributed by atoms with van der Waals surface area (Å²) in [5.41, 5.74) is 2.69. The van der Waals surface area contributed by atoms with E-state index < -0.39 is 0 Å². The quantitative estimate of drug-likeness (QED) is 0.618. The van der Waals surface area contributed by atoms with Gasteiger partial charge in [0.05, 0.1) is 23.2 Å². The first-order valence-corrected chi connectivity index (χ1v) is 9.64. The molecule has 144 valence electrons. The monoisotopic (exact) mass is 415 g/mol. The fraction of sp³-hybridized carbons (Fsp3) is 0.190. The van der Waals surface area contributed by atoms with Gasteiger partial charge in [0.25, 0.3) is 0 Å². The first kappa shape index (κ1) is 18.7. The summed E-state index contributed by atoms with van der Waals surface area (Å²) in [6.07, 6.45) is 2.04. The minimum atomic E-state index is -0.197. The Morgan fingerprint density at radius 2 is 1.86 bits per heavy atom. The van der Waals surface area contributed by atoms with E-state index in [1.165, 1.54) is 0 Å². The second-order valence-electron chi connectivity index (χ2n) is 6.55. The maximum absolute atomic E-state index is 13.1. The number of methoxy groups -OCH3 is 1. The molecule has 0 aliphatic carbocycles. The van der Waals surface area contributed by atoms with Crippen LogP contribution in [0.1, 0.15) is 17.3 Å². The molecule has 0 unspecified atom stereocenters. The molecule has 1 atom stereocenters. The van der Waals surface area contributed by atoms with Gasteiger partial charge in [0.15, 0.2) is 0 Å². The van der Waals surface area contributed by atoms with Gasteiger partial charge in [-0.2, -0.15) is 0 Å². The largest absolute Gasteiger partial charge is 0.497 e. The third kappa shape index (κ3) is 3.55. The number of urea groups is 1. The van der Waals surface area contributed by atoms with Crippen LogP contribution in [0.4, 0.5) is 10.5 Å². The molecule has 1 N–H and O–H groups in total. The van der Waals surface area contributed by atoms with Crippen LogP contribution in [-0.4, -0.2) is 29.2 Å². The number of hydrogen-bond acceptors (Lipinski definition) is 2. The number of amides is 2. The minimum Gasteiger partial charge on any atom is -0.497 e. The molecule has 1 aliphatic heterocycles. The molecular formula is C21H19Cl2N3O2. The SMILES string of the molecule is COc1ccc([C@@H]2c3cccn3CCN2C(=O)Nc2ccc(Cl)c(Cl)c2)cc1. The predicted molar refractivity (Wildman–Crippen MR) is 111 cm³/mol. The van der Waals surface area contributed by atoms with Gasteiger partial charge in [-0.25, -0.2) is 4.79 Å². The molecule has 0 saturated carbocycles. The lowest BCUT2D eigenvalue weighted by Gasteiger charge is -2.37. The van der Waals surface area contributed by atoms with Crippen molar-refractivity contribution in [1.82, 2.24) is 9.47 Å². The molecule has 7 heteroatoms. The number of benzene rings is 2. The van der Waals surface area contributed by atoms with Crippen LogP contribution in [0.5, 0.6) is 5.75 Å². The lowest BCUT2D eigenvalue weighted by molar-refractivity contribution is 0.182. The average Bonchev–Trinajstić information content (AvgIpc) is 3.19. The summed E-state index contributed by atoms with van der Waals surface area (Å²) in [7, 11) is 1.64. The Morgan fingerprint density at radius 3 is 2.57 bits per heavy atom. The van der Waals surface area contributed by atoms with Gasteiger partial charge in [-0.15, -0.1) is 0 Å². The van der Waals surface area contributed by atoms with Crippen molar-refractivity contribution in [3.8, 4) is 5.75 Å². The van der Waals surface area contributed by atoms with Gasteiger partial charge in [-0.3, -0.25) is 0 Å². The Morgan fingerprint density at radius 1 is 1.07 bits per heavy atom. The van der Waals surface area contributed by atoms with Crippen LogP contribution in [0.25, 0.3) is 0 Å². The summed E-state index contributed by atoms with van der Waals surface area (Å²) in [6, 6.07) is 16.5. The van der Waals surface area contributed by atoms with Crippen molar-refractivity contribution in [2.75, 3.05) is 19.0 Å². The number of halogens is 2. The van der Waals surface area contributed by atoms with Crippen LogP contribution < -0.4 is 10.1 Å². The third-order valence-corrected chi connectivity index (χ3v) is 5.64. The van der Waals surface area contributed by atoms with Crippen molar-refractivity contribution in [2.45, 2.75) is 12.6 Å². The highest BCUT2D eigenvalue weighted by atomic mass is 35.5. The number of fused-ring (bicyclic) bond motifs is 1. The first-order valence-electron chi connectivity index (χ1n) is 8.88. The van der Waals surface area contributed by atoms with Gasteiger partial charge in [0.2, 0.25) is 0 Å². The molecule has 4 rings (SSSR count). The van der Waals surface area contributed by atoms with Crippen molar-refractivity contribution < 1.29 is 9.53 Å². The molecule has 0 spiro atoms. The van der Waals surface area contributed by atoms with Crippen molar-refractivity contribution in [1.29, 1.82) is 0 Å². The Hall–Kier alpha value is -2.63. The fourth-order valence-electron chi connectivity index (χ4n) is 3.51. The highest BCUT2D eigenvalue weighted by Gasteiger charge is 2.32. The van der Waals surface area contributed by atoms with E-state index in [0.29, 0.717) is 22.3 Å². The van der Waals surface area contributed by atoms with E-state index >= 15 is 0 Å². The van der Waals surface area contributed by atoms with Crippen molar-refractivity contribution in [3.05, 3.63) is 82.1 Å². The molecule has 2 amide bonds. The van der Waals surface area contributed by atoms with Gasteiger partial charge in [0, 0.05) is 30.7 Å². The number of carbonyl (C=O) groups is 1. The fourth-order valence-corrected chi connectivity index (χ4v) is 3.81. The predicted octanol–water partition coefficient (Wildman–Crippen LogP) is 5.44. The number of nitrogens with zero attached hydrogens (tertiary/aromatic N) is 2. The van der Waals surface area contributed by atoms with E-state index in [1.54, 1.807) is 25.3 Å². The van der Waals surface area contributed by atoms with E-state index in [1.807, 2.05) is 47.5 Å². The molecule has 0 bridgehead atoms. The Balaban J connectivity index is 1.65. The third-order valence-electron chi connectivity index (χ3n) is 4.90. The number of hydrogen-bond donors (Lipinski definition) is 1. The molecule has 0 fully saturated rings. The Kier molecular flexibility index (Phi) is 5.20. The molecule has 1 aliphatic rings. The summed E-state index contributed by atoms with van der Waals surface area (Å²) in [5.74, 6) is 0.779. The van der Waals surface area contributed by atoms with Crippen molar-refractivity contribution >= 4 is 34.9 Å². The van der Waals surface area contributed by atoms with Crippen LogP contribution in [0, 0.1) is 0 Å². The summed E-state index contributed by atoms with van der Waals surface area (Å²) < 4.78 is 7.44. The topological polar surface area (TPSA) is 46.5 Å². The second kappa shape index (κ2) is 7.78. The van der Waals surface area contributed by atoms with Gasteiger partial charge in [-0.05, 0) is 48.0 Å². The lowest BCUT2D eigenvalue weighted by atomic mass is 10.00. The molecule has 5 nitrogen and oxygen atoms in total. The lowest BCUT2D eigenvalue weighted by Crippen LogP contribution is -2.44. The van der Waals surface area contributed by atoms with Gasteiger partial charge in [-0.1, -0.05) is 35.3 Å². The number of carbonyl (C=O) groups excluding carboxylic acids is 1. The second-order valence-corrected chi connectivity index (χ2v) is 7.37. The van der Waals surface area contributed by atoms with Crippen molar-refractivity contribution in [3.63, 3.8) is 0 Å². The maximum Gasteiger partial charge on any atom is 0.322 e. The Labute approximate surface area is 173 Å². The number of rotatable bonds is 3. The highest BCUT2D eigenvalue weighted by Crippen LogP contribution is 2.34. The molecular weight excluding hydrogens is 397 g/mol. The number of aromatic nitrogens is 1. The van der Waals surface area contributed by atoms with Crippen LogP contribution in [0.15, 0.2) is 60.8 Å². The number of anilines is 1. The smallest absolute Gasteiger partial charge is 0.322 e. The molecule has 28 heavy (non-hydrogen) atoms. The van der Waals surface area contributed by atoms with Crippen LogP contribution in [-0.2, 0) is 6.54 Å². The molecule has 2 heterocycles. The number of ether oxygens (including phenoxy) is 1. The zero-order chi connectivity index (χ0) is 19.7. The molecule has 1 aromatic heterocycles. The zero-order valence-electron chi connectivity index (χ0n) is 15.2.